The van der Waals surface area contributed by atoms with E-state index in [1.54, 1.807) is 23.7 Å². The van der Waals surface area contributed by atoms with Gasteiger partial charge in [-0.25, -0.2) is 19.7 Å². The number of nitrogens with zero attached hydrogens (tertiary/aromatic N) is 5. The third kappa shape index (κ3) is 5.92. The maximum Gasteiger partial charge on any atom is 0.352 e. The van der Waals surface area contributed by atoms with Crippen LogP contribution in [0.4, 0.5) is 5.13 Å². The molecule has 0 unspecified atom stereocenters. The third-order valence-corrected chi connectivity index (χ3v) is 9.07. The lowest BCUT2D eigenvalue weighted by atomic mass is 10.0. The Morgan fingerprint density at radius 2 is 2.18 bits per heavy atom. The number of thiazole rings is 1. The Morgan fingerprint density at radius 1 is 1.39 bits per heavy atom. The van der Waals surface area contributed by atoms with Gasteiger partial charge >= 0.3 is 5.97 Å². The highest BCUT2D eigenvalue weighted by Crippen LogP contribution is 2.41. The van der Waals surface area contributed by atoms with Crippen LogP contribution in [-0.2, 0) is 14.4 Å². The van der Waals surface area contributed by atoms with Gasteiger partial charge in [-0.1, -0.05) is 51.6 Å². The molecular weight excluding hydrogens is 596 g/mol. The Labute approximate surface area is 237 Å². The number of nitrogens with one attached hydrogen (secondary N) is 1. The number of nitrogen functional groups attached to an aromatic ring is 1. The van der Waals surface area contributed by atoms with Gasteiger partial charge in [-0.2, -0.15) is 0 Å². The van der Waals surface area contributed by atoms with E-state index in [9.17, 15) is 24.7 Å². The summed E-state index contributed by atoms with van der Waals surface area (Å²) in [4.78, 5) is 51.3. The first-order chi connectivity index (χ1) is 18.2. The van der Waals surface area contributed by atoms with Gasteiger partial charge in [0, 0.05) is 24.2 Å². The van der Waals surface area contributed by atoms with Crippen molar-refractivity contribution in [1.29, 1.82) is 0 Å². The predicted molar refractivity (Wildman–Crippen MR) is 146 cm³/mol. The molecule has 2 aliphatic rings. The molecule has 4 rings (SSSR count). The second-order valence-corrected chi connectivity index (χ2v) is 12.1. The molecule has 0 radical (unpaired) electrons. The van der Waals surface area contributed by atoms with Crippen LogP contribution in [0.15, 0.2) is 50.4 Å². The molecule has 4 heterocycles. The van der Waals surface area contributed by atoms with Crippen molar-refractivity contribution >= 4 is 86.9 Å². The summed E-state index contributed by atoms with van der Waals surface area (Å²) in [6.07, 6.45) is 3.25. The Kier molecular flexibility index (Phi) is 9.16. The average Bonchev–Trinajstić information content (AvgIpc) is 3.23. The van der Waals surface area contributed by atoms with E-state index in [2.05, 4.69) is 25.4 Å². The Hall–Kier alpha value is -2.83. The molecule has 1 fully saturated rings. The van der Waals surface area contributed by atoms with Crippen LogP contribution in [0.25, 0.3) is 0 Å². The summed E-state index contributed by atoms with van der Waals surface area (Å²) >= 11 is 10.9. The van der Waals surface area contributed by atoms with E-state index in [1.807, 2.05) is 0 Å². The van der Waals surface area contributed by atoms with E-state index in [-0.39, 0.29) is 26.6 Å². The first kappa shape index (κ1) is 28.2. The summed E-state index contributed by atoms with van der Waals surface area (Å²) in [6.45, 7) is 0.501. The summed E-state index contributed by atoms with van der Waals surface area (Å²) in [6, 6.07) is 0.682. The smallest absolute Gasteiger partial charge is 0.352 e. The fourth-order valence-electron chi connectivity index (χ4n) is 3.44. The second-order valence-electron chi connectivity index (χ2n) is 7.40. The number of aliphatic carboxylic acids is 1. The number of hydrogen-bond donors (Lipinski definition) is 5. The van der Waals surface area contributed by atoms with Crippen LogP contribution in [0.3, 0.4) is 0 Å². The van der Waals surface area contributed by atoms with Crippen molar-refractivity contribution in [2.45, 2.75) is 21.6 Å². The SMILES string of the molecule is NCCSc1nccc(S/C=C/C2=C(C(=O)O)N3C(=O)[C@@H](NC(=O)/C(=N\O)c4nc(N)sc4Cl)[C@H]3SC2)n1. The molecule has 2 aromatic heterocycles. The van der Waals surface area contributed by atoms with Gasteiger partial charge in [-0.15, -0.1) is 11.8 Å². The molecule has 0 saturated carbocycles. The number of aromatic nitrogens is 3. The molecule has 2 aliphatic heterocycles. The predicted octanol–water partition coefficient (Wildman–Crippen LogP) is 1.44. The van der Waals surface area contributed by atoms with E-state index in [0.29, 0.717) is 28.1 Å². The Balaban J connectivity index is 1.46. The fraction of sp³-hybridized carbons (Fsp3) is 0.250. The number of halogens is 1. The summed E-state index contributed by atoms with van der Waals surface area (Å²) in [5, 5.41) is 27.0. The molecule has 2 aromatic rings. The first-order valence-corrected chi connectivity index (χ1v) is 14.7. The molecule has 18 heteroatoms. The number of nitrogens with two attached hydrogens (primary N) is 2. The molecule has 2 amide bonds. The number of carboxylic acid groups (broad SMARTS) is 1. The minimum absolute atomic E-state index is 0.0388. The van der Waals surface area contributed by atoms with Gasteiger partial charge in [0.25, 0.3) is 11.8 Å². The van der Waals surface area contributed by atoms with E-state index in [4.69, 9.17) is 23.1 Å². The summed E-state index contributed by atoms with van der Waals surface area (Å²) < 4.78 is 0.0388. The van der Waals surface area contributed by atoms with Gasteiger partial charge < -0.3 is 27.1 Å². The van der Waals surface area contributed by atoms with Crippen LogP contribution >= 0.6 is 58.2 Å². The monoisotopic (exact) mass is 614 g/mol. The van der Waals surface area contributed by atoms with Crippen molar-refractivity contribution in [2.75, 3.05) is 23.8 Å². The number of thioether (sulfide) groups is 3. The minimum atomic E-state index is -1.28. The zero-order valence-electron chi connectivity index (χ0n) is 19.1. The van der Waals surface area contributed by atoms with Crippen molar-refractivity contribution in [2.24, 2.45) is 10.9 Å². The molecule has 1 saturated heterocycles. The van der Waals surface area contributed by atoms with Crippen LogP contribution in [0.2, 0.25) is 4.34 Å². The average molecular weight is 615 g/mol. The van der Waals surface area contributed by atoms with Gasteiger partial charge in [0.15, 0.2) is 16.0 Å². The normalized spacial score (nSPS) is 19.5. The van der Waals surface area contributed by atoms with Gasteiger partial charge in [0.2, 0.25) is 0 Å². The van der Waals surface area contributed by atoms with Crippen molar-refractivity contribution in [1.82, 2.24) is 25.2 Å². The lowest BCUT2D eigenvalue weighted by Crippen LogP contribution is -2.71. The molecule has 0 bridgehead atoms. The van der Waals surface area contributed by atoms with Crippen LogP contribution in [0.1, 0.15) is 5.69 Å². The third-order valence-electron chi connectivity index (χ3n) is 5.04. The number of oxime groups is 1. The van der Waals surface area contributed by atoms with E-state index in [1.165, 1.54) is 35.3 Å². The molecule has 0 aliphatic carbocycles. The molecule has 200 valence electrons. The van der Waals surface area contributed by atoms with E-state index in [0.717, 1.165) is 16.2 Å². The van der Waals surface area contributed by atoms with Gasteiger partial charge in [-0.05, 0) is 23.1 Å². The summed E-state index contributed by atoms with van der Waals surface area (Å²) in [7, 11) is 0. The van der Waals surface area contributed by atoms with Crippen LogP contribution in [0, 0.1) is 0 Å². The number of fused-ring (bicyclic) bond motifs is 1. The highest BCUT2D eigenvalue weighted by atomic mass is 35.5. The zero-order valence-corrected chi connectivity index (χ0v) is 23.1. The van der Waals surface area contributed by atoms with Crippen molar-refractivity contribution in [3.8, 4) is 0 Å². The van der Waals surface area contributed by atoms with Crippen molar-refractivity contribution in [3.05, 3.63) is 45.0 Å². The number of rotatable bonds is 10. The Morgan fingerprint density at radius 3 is 2.84 bits per heavy atom. The topological polar surface area (TPSA) is 210 Å². The highest BCUT2D eigenvalue weighted by molar-refractivity contribution is 8.02. The highest BCUT2D eigenvalue weighted by Gasteiger charge is 2.54. The second kappa shape index (κ2) is 12.4. The molecule has 0 aromatic carbocycles. The van der Waals surface area contributed by atoms with Gasteiger partial charge in [0.1, 0.15) is 32.2 Å². The standard InChI is InChI=1S/C20H19ClN8O5S4/c21-14-10(27-19(23)38-14)11(28-34)15(30)26-12-16(31)29-13(18(32)33)8(7-37-17(12)29)2-5-35-9-1-4-24-20(25-9)36-6-3-22/h1-2,4-5,12,17,34H,3,6-7,22H2,(H2,23,27)(H,26,30)(H,32,33)/b5-2+,28-11-/t12-,17-/m1/s1. The number of β-lactam (4-membered cyclic amide) rings is 1. The van der Waals surface area contributed by atoms with Crippen molar-refractivity contribution in [3.63, 3.8) is 0 Å². The summed E-state index contributed by atoms with van der Waals surface area (Å²) in [5.41, 5.74) is 10.7. The van der Waals surface area contributed by atoms with Crippen LogP contribution in [0.5, 0.6) is 0 Å². The molecule has 7 N–H and O–H groups in total. The molecule has 2 atom stereocenters. The number of allylic oxidation sites excluding steroid dienone is 1. The first-order valence-electron chi connectivity index (χ1n) is 10.6. The number of carbonyl (C=O) groups excluding carboxylic acids is 2. The molecule has 38 heavy (non-hydrogen) atoms. The number of anilines is 1. The van der Waals surface area contributed by atoms with E-state index >= 15 is 0 Å². The lowest BCUT2D eigenvalue weighted by Gasteiger charge is -2.49. The number of carbonyl (C=O) groups is 3. The molecule has 0 spiro atoms. The quantitative estimate of drug-likeness (QED) is 0.0488. The minimum Gasteiger partial charge on any atom is -0.477 e. The maximum atomic E-state index is 12.9. The van der Waals surface area contributed by atoms with Gasteiger partial charge in [0.05, 0.1) is 0 Å². The molecule has 13 nitrogen and oxygen atoms in total. The lowest BCUT2D eigenvalue weighted by molar-refractivity contribution is -0.150. The Bertz CT molecular complexity index is 1370. The van der Waals surface area contributed by atoms with Crippen LogP contribution < -0.4 is 16.8 Å². The number of amides is 2. The maximum absolute atomic E-state index is 12.9. The zero-order chi connectivity index (χ0) is 27.4. The number of hydrogen-bond acceptors (Lipinski definition) is 14. The molecular formula is C20H19ClN8O5S4. The van der Waals surface area contributed by atoms with Crippen molar-refractivity contribution < 1.29 is 24.7 Å². The van der Waals surface area contributed by atoms with Crippen LogP contribution in [-0.4, -0.2) is 83.1 Å². The fourth-order valence-corrected chi connectivity index (χ4v) is 6.99. The van der Waals surface area contributed by atoms with Gasteiger partial charge in [-0.3, -0.25) is 14.5 Å². The van der Waals surface area contributed by atoms with E-state index < -0.39 is 34.9 Å². The summed E-state index contributed by atoms with van der Waals surface area (Å²) in [5.74, 6) is -1.84. The number of carboxylic acids is 1. The largest absolute Gasteiger partial charge is 0.477 e.